The lowest BCUT2D eigenvalue weighted by Crippen LogP contribution is -2.23. The van der Waals surface area contributed by atoms with Gasteiger partial charge in [0.15, 0.2) is 6.04 Å². The number of carbonyl (C=O) groups is 1. The smallest absolute Gasteiger partial charge is 0.333 e. The van der Waals surface area contributed by atoms with E-state index in [4.69, 9.17) is 4.74 Å². The standard InChI is InChI=1S/C14H16FN3O2/c1-9-10(8-18(2)17-9)13(14(19)20-3)16-12-7-5-4-6-11(12)15/h4-8,13,16H,1-3H3. The number of methoxy groups -OCH3 is 1. The van der Waals surface area contributed by atoms with Crippen LogP contribution in [0.15, 0.2) is 30.5 Å². The van der Waals surface area contributed by atoms with E-state index >= 15 is 0 Å². The highest BCUT2D eigenvalue weighted by atomic mass is 19.1. The molecule has 106 valence electrons. The largest absolute Gasteiger partial charge is 0.467 e. The molecule has 5 nitrogen and oxygen atoms in total. The van der Waals surface area contributed by atoms with Gasteiger partial charge in [0.05, 0.1) is 18.5 Å². The number of para-hydroxylation sites is 1. The maximum absolute atomic E-state index is 13.7. The van der Waals surface area contributed by atoms with Crippen molar-refractivity contribution in [2.75, 3.05) is 12.4 Å². The Kier molecular flexibility index (Phi) is 4.02. The van der Waals surface area contributed by atoms with E-state index in [-0.39, 0.29) is 5.69 Å². The number of esters is 1. The molecule has 1 unspecified atom stereocenters. The van der Waals surface area contributed by atoms with Crippen LogP contribution in [0.3, 0.4) is 0 Å². The van der Waals surface area contributed by atoms with E-state index in [0.717, 1.165) is 0 Å². The molecule has 2 rings (SSSR count). The molecule has 6 heteroatoms. The van der Waals surface area contributed by atoms with Gasteiger partial charge in [-0.15, -0.1) is 0 Å². The summed E-state index contributed by atoms with van der Waals surface area (Å²) in [6, 6.07) is 5.37. The van der Waals surface area contributed by atoms with Crippen LogP contribution in [0.4, 0.5) is 10.1 Å². The topological polar surface area (TPSA) is 56.1 Å². The van der Waals surface area contributed by atoms with Crippen molar-refractivity contribution < 1.29 is 13.9 Å². The van der Waals surface area contributed by atoms with Crippen LogP contribution in [0.25, 0.3) is 0 Å². The fourth-order valence-corrected chi connectivity index (χ4v) is 2.02. The normalized spacial score (nSPS) is 12.0. The minimum atomic E-state index is -0.800. The minimum absolute atomic E-state index is 0.242. The highest BCUT2D eigenvalue weighted by Crippen LogP contribution is 2.24. The molecule has 2 aromatic rings. The first-order valence-electron chi connectivity index (χ1n) is 6.12. The van der Waals surface area contributed by atoms with Crippen LogP contribution in [0.1, 0.15) is 17.3 Å². The first kappa shape index (κ1) is 14.0. The van der Waals surface area contributed by atoms with Crippen LogP contribution in [0.5, 0.6) is 0 Å². The number of nitrogens with one attached hydrogen (secondary N) is 1. The third-order valence-electron chi connectivity index (χ3n) is 2.97. The Morgan fingerprint density at radius 1 is 1.45 bits per heavy atom. The van der Waals surface area contributed by atoms with Crippen LogP contribution < -0.4 is 5.32 Å². The first-order valence-corrected chi connectivity index (χ1v) is 6.12. The Labute approximate surface area is 116 Å². The van der Waals surface area contributed by atoms with Crippen LogP contribution >= 0.6 is 0 Å². The quantitative estimate of drug-likeness (QED) is 0.870. The predicted octanol–water partition coefficient (Wildman–Crippen LogP) is 2.19. The summed E-state index contributed by atoms with van der Waals surface area (Å²) >= 11 is 0. The molecule has 0 aliphatic carbocycles. The zero-order chi connectivity index (χ0) is 14.7. The monoisotopic (exact) mass is 277 g/mol. The van der Waals surface area contributed by atoms with Gasteiger partial charge in [-0.3, -0.25) is 4.68 Å². The molecule has 1 aromatic carbocycles. The fraction of sp³-hybridized carbons (Fsp3) is 0.286. The molecule has 1 atom stereocenters. The maximum Gasteiger partial charge on any atom is 0.333 e. The molecular weight excluding hydrogens is 261 g/mol. The van der Waals surface area contributed by atoms with Crippen molar-refractivity contribution >= 4 is 11.7 Å². The average Bonchev–Trinajstić information content (AvgIpc) is 2.76. The van der Waals surface area contributed by atoms with Gasteiger partial charge >= 0.3 is 5.97 Å². The van der Waals surface area contributed by atoms with Crippen molar-refractivity contribution in [1.82, 2.24) is 9.78 Å². The molecule has 0 aliphatic heterocycles. The second kappa shape index (κ2) is 5.73. The Morgan fingerprint density at radius 2 is 2.15 bits per heavy atom. The van der Waals surface area contributed by atoms with Gasteiger partial charge in [0.25, 0.3) is 0 Å². The van der Waals surface area contributed by atoms with Gasteiger partial charge in [-0.05, 0) is 19.1 Å². The molecule has 20 heavy (non-hydrogen) atoms. The zero-order valence-electron chi connectivity index (χ0n) is 11.6. The van der Waals surface area contributed by atoms with Gasteiger partial charge in [0.2, 0.25) is 0 Å². The molecule has 0 spiro atoms. The maximum atomic E-state index is 13.7. The molecular formula is C14H16FN3O2. The second-order valence-corrected chi connectivity index (χ2v) is 4.42. The predicted molar refractivity (Wildman–Crippen MR) is 72.7 cm³/mol. The number of ether oxygens (including phenoxy) is 1. The molecule has 1 heterocycles. The fourth-order valence-electron chi connectivity index (χ4n) is 2.02. The van der Waals surface area contributed by atoms with E-state index in [1.54, 1.807) is 43.0 Å². The molecule has 1 N–H and O–H groups in total. The number of anilines is 1. The molecule has 1 aromatic heterocycles. The lowest BCUT2D eigenvalue weighted by molar-refractivity contribution is -0.141. The number of aromatic nitrogens is 2. The lowest BCUT2D eigenvalue weighted by atomic mass is 10.1. The van der Waals surface area contributed by atoms with E-state index < -0.39 is 17.8 Å². The third-order valence-corrected chi connectivity index (χ3v) is 2.97. The van der Waals surface area contributed by atoms with Gasteiger partial charge in [-0.25, -0.2) is 9.18 Å². The number of nitrogens with zero attached hydrogens (tertiary/aromatic N) is 2. The number of aryl methyl sites for hydroxylation is 2. The summed E-state index contributed by atoms with van der Waals surface area (Å²) in [5, 5.41) is 7.05. The summed E-state index contributed by atoms with van der Waals surface area (Å²) in [5.41, 5.74) is 1.58. The molecule has 0 bridgehead atoms. The summed E-state index contributed by atoms with van der Waals surface area (Å²) in [7, 11) is 3.05. The zero-order valence-corrected chi connectivity index (χ0v) is 11.6. The number of carbonyl (C=O) groups excluding carboxylic acids is 1. The summed E-state index contributed by atoms with van der Waals surface area (Å²) < 4.78 is 20.1. The summed E-state index contributed by atoms with van der Waals surface area (Å²) in [6.07, 6.45) is 1.71. The molecule has 0 saturated heterocycles. The van der Waals surface area contributed by atoms with Gasteiger partial charge in [0.1, 0.15) is 5.82 Å². The number of rotatable bonds is 4. The molecule has 0 amide bonds. The van der Waals surface area contributed by atoms with Gasteiger partial charge < -0.3 is 10.1 Å². The van der Waals surface area contributed by atoms with Gasteiger partial charge in [-0.1, -0.05) is 12.1 Å². The Bertz CT molecular complexity index is 625. The van der Waals surface area contributed by atoms with Crippen LogP contribution in [0.2, 0.25) is 0 Å². The highest BCUT2D eigenvalue weighted by molar-refractivity contribution is 5.81. The third kappa shape index (κ3) is 2.79. The van der Waals surface area contributed by atoms with Crippen molar-refractivity contribution in [3.63, 3.8) is 0 Å². The number of hydrogen-bond acceptors (Lipinski definition) is 4. The van der Waals surface area contributed by atoms with Crippen molar-refractivity contribution in [3.05, 3.63) is 47.5 Å². The van der Waals surface area contributed by atoms with Crippen molar-refractivity contribution in [2.45, 2.75) is 13.0 Å². The summed E-state index contributed by atoms with van der Waals surface area (Å²) in [6.45, 7) is 1.79. The van der Waals surface area contributed by atoms with Crippen LogP contribution in [-0.2, 0) is 16.6 Å². The number of halogens is 1. The number of hydrogen-bond donors (Lipinski definition) is 1. The van der Waals surface area contributed by atoms with Crippen molar-refractivity contribution in [3.8, 4) is 0 Å². The van der Waals surface area contributed by atoms with Gasteiger partial charge in [-0.2, -0.15) is 5.10 Å². The Morgan fingerprint density at radius 3 is 2.70 bits per heavy atom. The van der Waals surface area contributed by atoms with E-state index in [1.807, 2.05) is 0 Å². The molecule has 0 radical (unpaired) electrons. The van der Waals surface area contributed by atoms with Crippen molar-refractivity contribution in [1.29, 1.82) is 0 Å². The van der Waals surface area contributed by atoms with E-state index in [9.17, 15) is 9.18 Å². The van der Waals surface area contributed by atoms with Crippen LogP contribution in [0, 0.1) is 12.7 Å². The molecule has 0 aliphatic rings. The Balaban J connectivity index is 2.37. The highest BCUT2D eigenvalue weighted by Gasteiger charge is 2.25. The van der Waals surface area contributed by atoms with E-state index in [2.05, 4.69) is 10.4 Å². The van der Waals surface area contributed by atoms with Gasteiger partial charge in [0, 0.05) is 18.8 Å². The SMILES string of the molecule is COC(=O)C(Nc1ccccc1F)c1cn(C)nc1C. The lowest BCUT2D eigenvalue weighted by Gasteiger charge is -2.17. The molecule has 0 fully saturated rings. The summed E-state index contributed by atoms with van der Waals surface area (Å²) in [4.78, 5) is 11.9. The Hall–Kier alpha value is -2.37. The van der Waals surface area contributed by atoms with E-state index in [0.29, 0.717) is 11.3 Å². The first-order chi connectivity index (χ1) is 9.52. The number of benzene rings is 1. The minimum Gasteiger partial charge on any atom is -0.467 e. The summed E-state index contributed by atoms with van der Waals surface area (Å²) in [5.74, 6) is -0.924. The average molecular weight is 277 g/mol. The van der Waals surface area contributed by atoms with Crippen molar-refractivity contribution in [2.24, 2.45) is 7.05 Å². The van der Waals surface area contributed by atoms with E-state index in [1.165, 1.54) is 13.2 Å². The van der Waals surface area contributed by atoms with Crippen LogP contribution in [-0.4, -0.2) is 22.9 Å². The molecule has 0 saturated carbocycles. The second-order valence-electron chi connectivity index (χ2n) is 4.42.